The fourth-order valence-corrected chi connectivity index (χ4v) is 0.597. The first-order valence-electron chi connectivity index (χ1n) is 3.03. The molecular formula is C6H14NO-. The molecule has 0 heterocycles. The second kappa shape index (κ2) is 5.06. The molecule has 0 saturated heterocycles. The maximum atomic E-state index is 8.33. The minimum atomic E-state index is 0.688. The fraction of sp³-hybridized carbons (Fsp3) is 0.833. The fourth-order valence-electron chi connectivity index (χ4n) is 0.597. The molecule has 1 N–H and O–H groups in total. The van der Waals surface area contributed by atoms with E-state index in [1.807, 2.05) is 0 Å². The van der Waals surface area contributed by atoms with Crippen LogP contribution in [0.25, 0.3) is 0 Å². The molecule has 0 unspecified atom stereocenters. The Bertz CT molecular complexity index is 43.8. The van der Waals surface area contributed by atoms with Crippen LogP contribution >= 0.6 is 0 Å². The molecule has 0 aliphatic carbocycles. The van der Waals surface area contributed by atoms with Crippen molar-refractivity contribution in [2.45, 2.75) is 13.8 Å². The van der Waals surface area contributed by atoms with Crippen LogP contribution in [0.15, 0.2) is 0 Å². The van der Waals surface area contributed by atoms with Gasteiger partial charge < -0.3 is 10.0 Å². The van der Waals surface area contributed by atoms with E-state index in [0.717, 1.165) is 13.1 Å². The lowest BCUT2D eigenvalue weighted by molar-refractivity contribution is 0.261. The van der Waals surface area contributed by atoms with Crippen molar-refractivity contribution in [2.24, 2.45) is 0 Å². The van der Waals surface area contributed by atoms with Crippen LogP contribution < -0.4 is 0 Å². The van der Waals surface area contributed by atoms with Crippen molar-refractivity contribution in [3.8, 4) is 0 Å². The predicted octanol–water partition coefficient (Wildman–Crippen LogP) is 0.862. The van der Waals surface area contributed by atoms with Gasteiger partial charge >= 0.3 is 0 Å². The van der Waals surface area contributed by atoms with Crippen molar-refractivity contribution in [3.05, 3.63) is 6.61 Å². The number of hydrogen-bond donors (Lipinski definition) is 1. The third-order valence-electron chi connectivity index (χ3n) is 1.23. The van der Waals surface area contributed by atoms with E-state index in [1.54, 1.807) is 0 Å². The molecule has 0 aromatic rings. The smallest absolute Gasteiger partial charge is 0.00750 e. The minimum Gasteiger partial charge on any atom is -0.565 e. The van der Waals surface area contributed by atoms with E-state index in [4.69, 9.17) is 5.11 Å². The van der Waals surface area contributed by atoms with E-state index >= 15 is 0 Å². The Balaban J connectivity index is 3.07. The van der Waals surface area contributed by atoms with E-state index < -0.39 is 0 Å². The van der Waals surface area contributed by atoms with Gasteiger partial charge in [-0.2, -0.15) is 0 Å². The van der Waals surface area contributed by atoms with Crippen LogP contribution in [0.3, 0.4) is 0 Å². The molecule has 0 rings (SSSR count). The molecule has 0 aromatic carbocycles. The molecule has 2 nitrogen and oxygen atoms in total. The van der Waals surface area contributed by atoms with E-state index in [9.17, 15) is 0 Å². The molecule has 8 heavy (non-hydrogen) atoms. The molecule has 0 atom stereocenters. The van der Waals surface area contributed by atoms with Gasteiger partial charge in [0.15, 0.2) is 0 Å². The normalized spacial score (nSPS) is 10.5. The van der Waals surface area contributed by atoms with Crippen LogP contribution in [0.2, 0.25) is 0 Å². The van der Waals surface area contributed by atoms with Crippen molar-refractivity contribution in [3.63, 3.8) is 0 Å². The number of aliphatic hydroxyl groups is 1. The van der Waals surface area contributed by atoms with Gasteiger partial charge in [-0.25, -0.2) is 6.61 Å². The average molecular weight is 116 g/mol. The van der Waals surface area contributed by atoms with Gasteiger partial charge in [0.25, 0.3) is 0 Å². The van der Waals surface area contributed by atoms with Gasteiger partial charge in [-0.3, -0.25) is 0 Å². The molecule has 0 aromatic heterocycles. The molecule has 0 radical (unpaired) electrons. The number of likely N-dealkylation sites (N-methyl/N-ethyl adjacent to an activating group) is 1. The predicted molar refractivity (Wildman–Crippen MR) is 34.0 cm³/mol. The highest BCUT2D eigenvalue weighted by Gasteiger charge is 1.87. The lowest BCUT2D eigenvalue weighted by Gasteiger charge is -2.21. The zero-order chi connectivity index (χ0) is 6.41. The Morgan fingerprint density at radius 1 is 1.38 bits per heavy atom. The highest BCUT2D eigenvalue weighted by molar-refractivity contribution is 4.56. The van der Waals surface area contributed by atoms with E-state index in [0.29, 0.717) is 6.54 Å². The second-order valence-corrected chi connectivity index (χ2v) is 1.67. The van der Waals surface area contributed by atoms with Crippen LogP contribution in [0.1, 0.15) is 13.8 Å². The molecule has 50 valence electrons. The quantitative estimate of drug-likeness (QED) is 0.551. The lowest BCUT2D eigenvalue weighted by atomic mass is 10.5. The van der Waals surface area contributed by atoms with Crippen LogP contribution in [-0.4, -0.2) is 29.6 Å². The SMILES string of the molecule is CCN(CC)C[CH-]O. The van der Waals surface area contributed by atoms with Crippen LogP contribution in [0, 0.1) is 6.61 Å². The van der Waals surface area contributed by atoms with Gasteiger partial charge in [0.1, 0.15) is 0 Å². The van der Waals surface area contributed by atoms with E-state index in [1.165, 1.54) is 6.61 Å². The minimum absolute atomic E-state index is 0.688. The molecule has 0 aliphatic rings. The summed E-state index contributed by atoms with van der Waals surface area (Å²) in [6.45, 7) is 8.04. The molecule has 0 spiro atoms. The summed E-state index contributed by atoms with van der Waals surface area (Å²) < 4.78 is 0. The Morgan fingerprint density at radius 3 is 2.00 bits per heavy atom. The largest absolute Gasteiger partial charge is 0.565 e. The third kappa shape index (κ3) is 2.99. The molecule has 2 heteroatoms. The Morgan fingerprint density at radius 2 is 1.88 bits per heavy atom. The molecule has 0 bridgehead atoms. The lowest BCUT2D eigenvalue weighted by Crippen LogP contribution is -2.23. The second-order valence-electron chi connectivity index (χ2n) is 1.67. The van der Waals surface area contributed by atoms with E-state index in [2.05, 4.69) is 18.7 Å². The molecular weight excluding hydrogens is 102 g/mol. The zero-order valence-corrected chi connectivity index (χ0v) is 5.59. The van der Waals surface area contributed by atoms with Crippen molar-refractivity contribution in [1.29, 1.82) is 0 Å². The Labute approximate surface area is 51.1 Å². The van der Waals surface area contributed by atoms with Crippen molar-refractivity contribution in [2.75, 3.05) is 19.6 Å². The Kier molecular flexibility index (Phi) is 5.01. The molecule has 0 amide bonds. The summed E-state index contributed by atoms with van der Waals surface area (Å²) in [5.41, 5.74) is 0. The summed E-state index contributed by atoms with van der Waals surface area (Å²) in [7, 11) is 0. The summed E-state index contributed by atoms with van der Waals surface area (Å²) in [4.78, 5) is 2.12. The first kappa shape index (κ1) is 7.92. The average Bonchev–Trinajstić information content (AvgIpc) is 1.83. The number of aliphatic hydroxyl groups excluding tert-OH is 1. The first-order valence-corrected chi connectivity index (χ1v) is 3.03. The summed E-state index contributed by atoms with van der Waals surface area (Å²) in [5.74, 6) is 0. The highest BCUT2D eigenvalue weighted by atomic mass is 16.3. The third-order valence-corrected chi connectivity index (χ3v) is 1.23. The summed E-state index contributed by atoms with van der Waals surface area (Å²) in [6, 6.07) is 0. The monoisotopic (exact) mass is 116 g/mol. The van der Waals surface area contributed by atoms with Crippen molar-refractivity contribution >= 4 is 0 Å². The van der Waals surface area contributed by atoms with Crippen molar-refractivity contribution < 1.29 is 5.11 Å². The number of hydrogen-bond acceptors (Lipinski definition) is 2. The van der Waals surface area contributed by atoms with Crippen molar-refractivity contribution in [1.82, 2.24) is 4.90 Å². The molecule has 0 fully saturated rings. The summed E-state index contributed by atoms with van der Waals surface area (Å²) >= 11 is 0. The Hall–Kier alpha value is -0.0800. The number of rotatable bonds is 4. The van der Waals surface area contributed by atoms with Gasteiger partial charge in [0.05, 0.1) is 0 Å². The van der Waals surface area contributed by atoms with Crippen LogP contribution in [0.5, 0.6) is 0 Å². The van der Waals surface area contributed by atoms with Gasteiger partial charge in [-0.15, -0.1) is 6.54 Å². The topological polar surface area (TPSA) is 23.5 Å². The molecule has 0 saturated carbocycles. The maximum absolute atomic E-state index is 8.33. The zero-order valence-electron chi connectivity index (χ0n) is 5.59. The van der Waals surface area contributed by atoms with Gasteiger partial charge in [-0.05, 0) is 13.1 Å². The number of nitrogens with zero attached hydrogens (tertiary/aromatic N) is 1. The summed E-state index contributed by atoms with van der Waals surface area (Å²) in [6.07, 6.45) is 0. The van der Waals surface area contributed by atoms with Gasteiger partial charge in [0.2, 0.25) is 0 Å². The van der Waals surface area contributed by atoms with Gasteiger partial charge in [-0.1, -0.05) is 13.8 Å². The van der Waals surface area contributed by atoms with E-state index in [-0.39, 0.29) is 0 Å². The molecule has 0 aliphatic heterocycles. The summed E-state index contributed by atoms with van der Waals surface area (Å²) in [5, 5.41) is 8.33. The van der Waals surface area contributed by atoms with Gasteiger partial charge in [0, 0.05) is 0 Å². The highest BCUT2D eigenvalue weighted by Crippen LogP contribution is 1.85. The maximum Gasteiger partial charge on any atom is -0.00750 e. The standard InChI is InChI=1S/C6H14NO/c1-3-7(4-2)5-6-8/h6,8H,3-5H2,1-2H3/q-1. The first-order chi connectivity index (χ1) is 3.85. The van der Waals surface area contributed by atoms with Crippen LogP contribution in [0.4, 0.5) is 0 Å². The van der Waals surface area contributed by atoms with Crippen LogP contribution in [-0.2, 0) is 0 Å².